The fourth-order valence-electron chi connectivity index (χ4n) is 1.39. The quantitative estimate of drug-likeness (QED) is 0.785. The number of ketones is 1. The molecule has 0 aliphatic carbocycles. The van der Waals surface area contributed by atoms with Crippen LogP contribution in [0.3, 0.4) is 0 Å². The number of hydrogen-bond acceptors (Lipinski definition) is 3. The van der Waals surface area contributed by atoms with Crippen LogP contribution in [0.2, 0.25) is 0 Å². The molecule has 0 aliphatic rings. The second-order valence-corrected chi connectivity index (χ2v) is 6.19. The summed E-state index contributed by atoms with van der Waals surface area (Å²) in [6.07, 6.45) is 0. The number of halogens is 2. The zero-order valence-corrected chi connectivity index (χ0v) is 12.0. The van der Waals surface area contributed by atoms with Gasteiger partial charge >= 0.3 is 0 Å². The number of Topliss-reactive ketones (excluding diaryl/α,β-unsaturated/α-hetero) is 1. The van der Waals surface area contributed by atoms with Gasteiger partial charge in [-0.2, -0.15) is 0 Å². The molecule has 5 heteroatoms. The standard InChI is InChI=1S/C13H10BrFO2S/c1-8-6-9(2-3-10(8)15)17-7-11(16)12-4-5-13(14)18-12/h2-6H,7H2,1H3. The topological polar surface area (TPSA) is 26.3 Å². The Kier molecular flexibility index (Phi) is 4.14. The number of carbonyl (C=O) groups excluding carboxylic acids is 1. The van der Waals surface area contributed by atoms with Gasteiger partial charge in [-0.25, -0.2) is 4.39 Å². The summed E-state index contributed by atoms with van der Waals surface area (Å²) in [5.41, 5.74) is 0.499. The van der Waals surface area contributed by atoms with E-state index in [2.05, 4.69) is 15.9 Å². The van der Waals surface area contributed by atoms with Gasteiger partial charge < -0.3 is 4.74 Å². The molecule has 1 aromatic carbocycles. The van der Waals surface area contributed by atoms with Gasteiger partial charge in [0.15, 0.2) is 6.61 Å². The minimum Gasteiger partial charge on any atom is -0.485 e. The lowest BCUT2D eigenvalue weighted by atomic mass is 10.2. The van der Waals surface area contributed by atoms with E-state index in [0.29, 0.717) is 16.2 Å². The van der Waals surface area contributed by atoms with Crippen LogP contribution in [0.25, 0.3) is 0 Å². The summed E-state index contributed by atoms with van der Waals surface area (Å²) in [5.74, 6) is 0.126. The maximum absolute atomic E-state index is 13.0. The average molecular weight is 329 g/mol. The van der Waals surface area contributed by atoms with E-state index in [4.69, 9.17) is 4.74 Å². The van der Waals surface area contributed by atoms with Crippen molar-refractivity contribution in [1.82, 2.24) is 0 Å². The van der Waals surface area contributed by atoms with E-state index in [9.17, 15) is 9.18 Å². The van der Waals surface area contributed by atoms with Crippen molar-refractivity contribution in [3.05, 3.63) is 50.4 Å². The van der Waals surface area contributed by atoms with Crippen LogP contribution in [0.4, 0.5) is 4.39 Å². The molecule has 0 fully saturated rings. The van der Waals surface area contributed by atoms with Gasteiger partial charge in [-0.1, -0.05) is 0 Å². The number of thiophene rings is 1. The molecule has 0 aliphatic heterocycles. The van der Waals surface area contributed by atoms with Gasteiger partial charge in [0, 0.05) is 0 Å². The third-order valence-corrected chi connectivity index (χ3v) is 4.01. The molecule has 1 aromatic heterocycles. The van der Waals surface area contributed by atoms with E-state index in [1.54, 1.807) is 19.1 Å². The van der Waals surface area contributed by atoms with Gasteiger partial charge in [-0.05, 0) is 58.7 Å². The molecule has 0 saturated heterocycles. The Hall–Kier alpha value is -1.20. The predicted octanol–water partition coefficient (Wildman–Crippen LogP) is 4.22. The molecule has 94 valence electrons. The molecule has 0 radical (unpaired) electrons. The van der Waals surface area contributed by atoms with Crippen molar-refractivity contribution < 1.29 is 13.9 Å². The normalized spacial score (nSPS) is 10.4. The fraction of sp³-hybridized carbons (Fsp3) is 0.154. The lowest BCUT2D eigenvalue weighted by Crippen LogP contribution is -2.10. The zero-order valence-electron chi connectivity index (χ0n) is 9.57. The van der Waals surface area contributed by atoms with Crippen molar-refractivity contribution >= 4 is 33.0 Å². The number of aryl methyl sites for hydroxylation is 1. The van der Waals surface area contributed by atoms with E-state index >= 15 is 0 Å². The van der Waals surface area contributed by atoms with Gasteiger partial charge in [0.05, 0.1) is 8.66 Å². The van der Waals surface area contributed by atoms with Gasteiger partial charge in [0.2, 0.25) is 5.78 Å². The van der Waals surface area contributed by atoms with Crippen LogP contribution in [-0.4, -0.2) is 12.4 Å². The summed E-state index contributed by atoms with van der Waals surface area (Å²) in [5, 5.41) is 0. The minimum absolute atomic E-state index is 0.0436. The lowest BCUT2D eigenvalue weighted by Gasteiger charge is -2.05. The van der Waals surface area contributed by atoms with E-state index in [-0.39, 0.29) is 18.2 Å². The third kappa shape index (κ3) is 3.17. The van der Waals surface area contributed by atoms with E-state index in [1.807, 2.05) is 6.07 Å². The highest BCUT2D eigenvalue weighted by atomic mass is 79.9. The highest BCUT2D eigenvalue weighted by molar-refractivity contribution is 9.11. The van der Waals surface area contributed by atoms with E-state index in [0.717, 1.165) is 3.79 Å². The molecular weight excluding hydrogens is 319 g/mol. The van der Waals surface area contributed by atoms with Crippen LogP contribution in [0.5, 0.6) is 5.75 Å². The summed E-state index contributed by atoms with van der Waals surface area (Å²) in [6.45, 7) is 1.61. The van der Waals surface area contributed by atoms with Crippen molar-refractivity contribution in [2.45, 2.75) is 6.92 Å². The van der Waals surface area contributed by atoms with Crippen molar-refractivity contribution in [3.63, 3.8) is 0 Å². The molecule has 0 spiro atoms. The molecule has 0 saturated carbocycles. The molecule has 2 aromatic rings. The summed E-state index contributed by atoms with van der Waals surface area (Å²) in [4.78, 5) is 12.4. The molecule has 0 bridgehead atoms. The highest BCUT2D eigenvalue weighted by Crippen LogP contribution is 2.23. The average Bonchev–Trinajstić information content (AvgIpc) is 2.77. The second-order valence-electron chi connectivity index (χ2n) is 3.73. The summed E-state index contributed by atoms with van der Waals surface area (Å²) in [7, 11) is 0. The van der Waals surface area contributed by atoms with Gasteiger partial charge in [0.25, 0.3) is 0 Å². The van der Waals surface area contributed by atoms with Crippen LogP contribution < -0.4 is 4.74 Å². The van der Waals surface area contributed by atoms with Crippen LogP contribution >= 0.6 is 27.3 Å². The zero-order chi connectivity index (χ0) is 13.1. The Morgan fingerprint density at radius 3 is 2.78 bits per heavy atom. The SMILES string of the molecule is Cc1cc(OCC(=O)c2ccc(Br)s2)ccc1F. The van der Waals surface area contributed by atoms with Crippen molar-refractivity contribution in [2.24, 2.45) is 0 Å². The van der Waals surface area contributed by atoms with E-state index in [1.165, 1.54) is 23.5 Å². The Morgan fingerprint density at radius 2 is 2.17 bits per heavy atom. The van der Waals surface area contributed by atoms with Crippen LogP contribution in [0.1, 0.15) is 15.2 Å². The van der Waals surface area contributed by atoms with Crippen LogP contribution in [-0.2, 0) is 0 Å². The molecule has 18 heavy (non-hydrogen) atoms. The Labute approximate surface area is 117 Å². The molecule has 2 rings (SSSR count). The molecule has 1 heterocycles. The molecule has 0 N–H and O–H groups in total. The molecule has 0 atom stereocenters. The fourth-order valence-corrected chi connectivity index (χ4v) is 2.70. The Balaban J connectivity index is 1.99. The van der Waals surface area contributed by atoms with Gasteiger partial charge in [-0.15, -0.1) is 11.3 Å². The molecule has 0 unspecified atom stereocenters. The smallest absolute Gasteiger partial charge is 0.210 e. The number of rotatable bonds is 4. The minimum atomic E-state index is -0.282. The van der Waals surface area contributed by atoms with Crippen LogP contribution in [0.15, 0.2) is 34.1 Å². The third-order valence-electron chi connectivity index (χ3n) is 2.35. The Bertz CT molecular complexity index is 580. The lowest BCUT2D eigenvalue weighted by molar-refractivity contribution is 0.0925. The number of ether oxygens (including phenoxy) is 1. The van der Waals surface area contributed by atoms with Crippen molar-refractivity contribution in [3.8, 4) is 5.75 Å². The van der Waals surface area contributed by atoms with Crippen molar-refractivity contribution in [2.75, 3.05) is 6.61 Å². The number of carbonyl (C=O) groups is 1. The molecule has 2 nitrogen and oxygen atoms in total. The first-order valence-electron chi connectivity index (χ1n) is 5.24. The summed E-state index contributed by atoms with van der Waals surface area (Å²) >= 11 is 4.66. The predicted molar refractivity (Wildman–Crippen MR) is 73.0 cm³/mol. The molecule has 0 amide bonds. The van der Waals surface area contributed by atoms with Crippen LogP contribution in [0, 0.1) is 12.7 Å². The number of hydrogen-bond donors (Lipinski definition) is 0. The largest absolute Gasteiger partial charge is 0.485 e. The monoisotopic (exact) mass is 328 g/mol. The maximum atomic E-state index is 13.0. The Morgan fingerprint density at radius 1 is 1.39 bits per heavy atom. The second kappa shape index (κ2) is 5.63. The van der Waals surface area contributed by atoms with Gasteiger partial charge in [-0.3, -0.25) is 4.79 Å². The first-order valence-corrected chi connectivity index (χ1v) is 6.84. The van der Waals surface area contributed by atoms with E-state index < -0.39 is 0 Å². The highest BCUT2D eigenvalue weighted by Gasteiger charge is 2.10. The first kappa shape index (κ1) is 13.2. The molecular formula is C13H10BrFO2S. The van der Waals surface area contributed by atoms with Gasteiger partial charge in [0.1, 0.15) is 11.6 Å². The van der Waals surface area contributed by atoms with Crippen molar-refractivity contribution in [1.29, 1.82) is 0 Å². The number of benzene rings is 1. The maximum Gasteiger partial charge on any atom is 0.210 e. The summed E-state index contributed by atoms with van der Waals surface area (Å²) < 4.78 is 19.3. The summed E-state index contributed by atoms with van der Waals surface area (Å²) in [6, 6.07) is 7.99. The first-order chi connectivity index (χ1) is 8.56.